The summed E-state index contributed by atoms with van der Waals surface area (Å²) in [5, 5.41) is 9.51. The third kappa shape index (κ3) is 2.92. The van der Waals surface area contributed by atoms with Crippen LogP contribution in [0.3, 0.4) is 0 Å². The van der Waals surface area contributed by atoms with Gasteiger partial charge < -0.3 is 10.0 Å². The Morgan fingerprint density at radius 2 is 1.84 bits per heavy atom. The van der Waals surface area contributed by atoms with Gasteiger partial charge in [0, 0.05) is 18.7 Å². The van der Waals surface area contributed by atoms with Crippen LogP contribution in [0.2, 0.25) is 0 Å². The average molecular weight is 269 g/mol. The fraction of sp³-hybridized carbons (Fsp3) is 0.500. The summed E-state index contributed by atoms with van der Waals surface area (Å²) >= 11 is 0. The van der Waals surface area contributed by atoms with E-state index in [4.69, 9.17) is 0 Å². The lowest BCUT2D eigenvalue weighted by Crippen LogP contribution is -2.38. The van der Waals surface area contributed by atoms with E-state index in [1.54, 1.807) is 11.8 Å². The maximum Gasteiger partial charge on any atom is 0.150 e. The quantitative estimate of drug-likeness (QED) is 0.856. The highest BCUT2D eigenvalue weighted by Crippen LogP contribution is 2.29. The highest BCUT2D eigenvalue weighted by atomic mass is 19.1. The number of nitrogens with zero attached hydrogens (tertiary/aromatic N) is 1. The van der Waals surface area contributed by atoms with Crippen molar-refractivity contribution in [3.63, 3.8) is 0 Å². The van der Waals surface area contributed by atoms with Gasteiger partial charge in [-0.05, 0) is 37.8 Å². The lowest BCUT2D eigenvalue weighted by molar-refractivity contribution is 0.109. The number of rotatable bonds is 3. The molecule has 1 saturated heterocycles. The topological polar surface area (TPSA) is 40.5 Å². The Balaban J connectivity index is 2.18. The van der Waals surface area contributed by atoms with Crippen LogP contribution in [0.4, 0.5) is 14.5 Å². The Morgan fingerprint density at radius 1 is 1.32 bits per heavy atom. The molecule has 3 nitrogen and oxygen atoms in total. The van der Waals surface area contributed by atoms with E-state index in [-0.39, 0.29) is 17.2 Å². The highest BCUT2D eigenvalue weighted by molar-refractivity contribution is 5.76. The van der Waals surface area contributed by atoms with Crippen LogP contribution >= 0.6 is 0 Å². The van der Waals surface area contributed by atoms with E-state index in [9.17, 15) is 18.7 Å². The summed E-state index contributed by atoms with van der Waals surface area (Å²) in [5.74, 6) is -1.24. The van der Waals surface area contributed by atoms with Crippen LogP contribution in [0.1, 0.15) is 30.1 Å². The van der Waals surface area contributed by atoms with Crippen LogP contribution in [-0.4, -0.2) is 30.6 Å². The molecule has 0 saturated carbocycles. The fourth-order valence-corrected chi connectivity index (χ4v) is 2.56. The third-order valence-corrected chi connectivity index (χ3v) is 3.71. The zero-order valence-electron chi connectivity index (χ0n) is 10.8. The number of aliphatic hydroxyl groups excluding tert-OH is 1. The van der Waals surface area contributed by atoms with Gasteiger partial charge in [0.15, 0.2) is 0 Å². The summed E-state index contributed by atoms with van der Waals surface area (Å²) < 4.78 is 27.7. The van der Waals surface area contributed by atoms with Gasteiger partial charge in [-0.25, -0.2) is 8.78 Å². The number of carbonyl (C=O) groups excluding carboxylic acids is 1. The molecule has 1 aliphatic rings. The predicted molar refractivity (Wildman–Crippen MR) is 68.4 cm³/mol. The van der Waals surface area contributed by atoms with Crippen LogP contribution in [0.15, 0.2) is 12.1 Å². The lowest BCUT2D eigenvalue weighted by Gasteiger charge is -2.35. The number of hydrogen-bond donors (Lipinski definition) is 1. The molecule has 1 unspecified atom stereocenters. The van der Waals surface area contributed by atoms with Gasteiger partial charge >= 0.3 is 0 Å². The Morgan fingerprint density at radius 3 is 2.26 bits per heavy atom. The first kappa shape index (κ1) is 13.9. The molecule has 0 bridgehead atoms. The van der Waals surface area contributed by atoms with Crippen molar-refractivity contribution in [3.8, 4) is 0 Å². The van der Waals surface area contributed by atoms with E-state index in [0.717, 1.165) is 12.1 Å². The first-order valence-electron chi connectivity index (χ1n) is 6.40. The molecule has 0 amide bonds. The summed E-state index contributed by atoms with van der Waals surface area (Å²) in [6.45, 7) is 2.74. The van der Waals surface area contributed by atoms with Crippen LogP contribution in [0, 0.1) is 17.6 Å². The maximum atomic E-state index is 13.8. The second kappa shape index (κ2) is 5.65. The highest BCUT2D eigenvalue weighted by Gasteiger charge is 2.26. The minimum Gasteiger partial charge on any atom is -0.393 e. The summed E-state index contributed by atoms with van der Waals surface area (Å²) in [7, 11) is 0. The summed E-state index contributed by atoms with van der Waals surface area (Å²) in [5.41, 5.74) is -0.0766. The molecule has 1 atom stereocenters. The van der Waals surface area contributed by atoms with Crippen molar-refractivity contribution in [3.05, 3.63) is 29.3 Å². The number of halogens is 2. The molecular weight excluding hydrogens is 252 g/mol. The Kier molecular flexibility index (Phi) is 4.14. The Labute approximate surface area is 110 Å². The largest absolute Gasteiger partial charge is 0.393 e. The molecule has 1 aromatic carbocycles. The number of piperidine rings is 1. The maximum absolute atomic E-state index is 13.8. The van der Waals surface area contributed by atoms with Gasteiger partial charge in [0.1, 0.15) is 23.6 Å². The Hall–Kier alpha value is -1.49. The number of carbonyl (C=O) groups is 1. The van der Waals surface area contributed by atoms with E-state index >= 15 is 0 Å². The van der Waals surface area contributed by atoms with Crippen LogP contribution in [0.25, 0.3) is 0 Å². The van der Waals surface area contributed by atoms with Crippen molar-refractivity contribution >= 4 is 12.0 Å². The summed E-state index contributed by atoms with van der Waals surface area (Å²) in [4.78, 5) is 12.2. The molecule has 2 rings (SSSR count). The van der Waals surface area contributed by atoms with Gasteiger partial charge in [-0.1, -0.05) is 0 Å². The van der Waals surface area contributed by atoms with Gasteiger partial charge in [0.2, 0.25) is 0 Å². The van der Waals surface area contributed by atoms with Crippen LogP contribution < -0.4 is 4.90 Å². The minimum absolute atomic E-state index is 0.00221. The molecule has 0 spiro atoms. The van der Waals surface area contributed by atoms with Crippen LogP contribution in [0.5, 0.6) is 0 Å². The van der Waals surface area contributed by atoms with Crippen molar-refractivity contribution < 1.29 is 18.7 Å². The molecule has 0 radical (unpaired) electrons. The minimum atomic E-state index is -0.711. The second-order valence-electron chi connectivity index (χ2n) is 5.02. The lowest BCUT2D eigenvalue weighted by atomic mass is 9.92. The number of aldehydes is 1. The fourth-order valence-electron chi connectivity index (χ4n) is 2.56. The van der Waals surface area contributed by atoms with E-state index in [1.165, 1.54) is 0 Å². The molecule has 0 aliphatic carbocycles. The molecule has 19 heavy (non-hydrogen) atoms. The number of benzene rings is 1. The SMILES string of the molecule is CC(O)C1CCN(c2c(F)cc(C=O)cc2F)CC1. The molecule has 1 N–H and O–H groups in total. The van der Waals surface area contributed by atoms with E-state index in [0.29, 0.717) is 32.2 Å². The molecule has 5 heteroatoms. The number of hydrogen-bond acceptors (Lipinski definition) is 3. The Bertz CT molecular complexity index is 446. The zero-order chi connectivity index (χ0) is 14.0. The molecule has 1 aliphatic heterocycles. The monoisotopic (exact) mass is 269 g/mol. The van der Waals surface area contributed by atoms with E-state index in [2.05, 4.69) is 0 Å². The zero-order valence-corrected chi connectivity index (χ0v) is 10.8. The molecule has 1 aromatic rings. The van der Waals surface area contributed by atoms with Gasteiger partial charge in [-0.2, -0.15) is 0 Å². The number of anilines is 1. The smallest absolute Gasteiger partial charge is 0.150 e. The molecule has 1 fully saturated rings. The average Bonchev–Trinajstić information content (AvgIpc) is 2.38. The van der Waals surface area contributed by atoms with E-state index in [1.807, 2.05) is 0 Å². The normalized spacial score (nSPS) is 18.4. The molecule has 104 valence electrons. The first-order chi connectivity index (χ1) is 9.02. The first-order valence-corrected chi connectivity index (χ1v) is 6.40. The molecular formula is C14H17F2NO2. The summed E-state index contributed by atoms with van der Waals surface area (Å²) in [6.07, 6.45) is 1.43. The van der Waals surface area contributed by atoms with E-state index < -0.39 is 17.7 Å². The van der Waals surface area contributed by atoms with Crippen molar-refractivity contribution in [2.45, 2.75) is 25.9 Å². The van der Waals surface area contributed by atoms with Gasteiger partial charge in [-0.3, -0.25) is 4.79 Å². The second-order valence-corrected chi connectivity index (χ2v) is 5.02. The van der Waals surface area contributed by atoms with Gasteiger partial charge in [-0.15, -0.1) is 0 Å². The van der Waals surface area contributed by atoms with Gasteiger partial charge in [0.25, 0.3) is 0 Å². The third-order valence-electron chi connectivity index (χ3n) is 3.71. The van der Waals surface area contributed by atoms with Crippen molar-refractivity contribution in [2.75, 3.05) is 18.0 Å². The van der Waals surface area contributed by atoms with Crippen molar-refractivity contribution in [1.82, 2.24) is 0 Å². The van der Waals surface area contributed by atoms with Crippen LogP contribution in [-0.2, 0) is 0 Å². The predicted octanol–water partition coefficient (Wildman–Crippen LogP) is 2.37. The van der Waals surface area contributed by atoms with Gasteiger partial charge in [0.05, 0.1) is 6.10 Å². The standard InChI is InChI=1S/C14H17F2NO2/c1-9(19)11-2-4-17(5-3-11)14-12(15)6-10(8-18)7-13(14)16/h6-9,11,19H,2-5H2,1H3. The molecule has 0 aromatic heterocycles. The number of aliphatic hydroxyl groups is 1. The van der Waals surface area contributed by atoms with Crippen molar-refractivity contribution in [1.29, 1.82) is 0 Å². The molecule has 1 heterocycles. The summed E-state index contributed by atoms with van der Waals surface area (Å²) in [6, 6.07) is 2.10. The van der Waals surface area contributed by atoms with Crippen molar-refractivity contribution in [2.24, 2.45) is 5.92 Å².